The number of hydrogen-bond acceptors (Lipinski definition) is 40. The van der Waals surface area contributed by atoms with Crippen molar-refractivity contribution < 1.29 is 221 Å². The van der Waals surface area contributed by atoms with Crippen molar-refractivity contribution in [1.82, 2.24) is 0 Å². The van der Waals surface area contributed by atoms with Crippen LogP contribution in [0.2, 0.25) is 0 Å². The maximum atomic E-state index is 13.3. The SMILES string of the molecule is CO[C@@H]1[C@@H](OC)[C@H](O[C@H]2[C@H](OS(=O)(=O)O)[C@@H](OS(=O)(=O)O)[C@@H](O[C@H]3[C@H](OC)[C@@H](OC)[C@H](O[C@H]4[C@H](OS(=O)(=O)O)[C@@H](OS(=O)(=O)O)[C@@H](O)O[C@@H]4COS(=O)(=O)O)O[C@H]3C(=O)O)O[C@@H]2COS(=O)(=O)O)O[C@H](C(=O)O)[C@H]1O[C@H]1O[C@H](COS(=O)(=O)O)[C@@H](OC)[C@@H](OC)[C@H]1OC. The zero-order chi connectivity index (χ0) is 70.5. The Morgan fingerprint density at radius 2 is 0.548 bits per heavy atom. The molecule has 5 aliphatic heterocycles. The Balaban J connectivity index is 1.62. The molecule has 5 heterocycles. The third kappa shape index (κ3) is 22.7. The molecular formula is C37H62O49S7. The second-order valence-corrected chi connectivity index (χ2v) is 26.5. The van der Waals surface area contributed by atoms with E-state index in [4.69, 9.17) is 84.2 Å². The smallest absolute Gasteiger partial charge is 0.397 e. The van der Waals surface area contributed by atoms with Gasteiger partial charge in [-0.3, -0.25) is 31.9 Å². The highest BCUT2D eigenvalue weighted by atomic mass is 32.3. The minimum atomic E-state index is -6.20. The number of aliphatic carboxylic acids is 2. The molecule has 546 valence electrons. The third-order valence-corrected chi connectivity index (χ3v) is 16.6. The summed E-state index contributed by atoms with van der Waals surface area (Å²) in [6.45, 7) is -4.42. The summed E-state index contributed by atoms with van der Waals surface area (Å²) in [6, 6.07) is 0. The molecule has 0 aliphatic carbocycles. The predicted octanol–water partition coefficient (Wildman–Crippen LogP) is -8.37. The molecule has 5 rings (SSSR count). The van der Waals surface area contributed by atoms with E-state index >= 15 is 0 Å². The van der Waals surface area contributed by atoms with Crippen molar-refractivity contribution in [2.45, 2.75) is 154 Å². The normalized spacial score (nSPS) is 37.9. The van der Waals surface area contributed by atoms with Crippen molar-refractivity contribution >= 4 is 84.7 Å². The van der Waals surface area contributed by atoms with Gasteiger partial charge in [-0.1, -0.05) is 0 Å². The molecule has 49 nitrogen and oxygen atoms in total. The van der Waals surface area contributed by atoms with Gasteiger partial charge in [0, 0.05) is 49.8 Å². The average Bonchev–Trinajstić information content (AvgIpc) is 0.767. The Morgan fingerprint density at radius 1 is 0.301 bits per heavy atom. The molecule has 0 aromatic rings. The minimum absolute atomic E-state index is 0.691. The van der Waals surface area contributed by atoms with E-state index in [-0.39, 0.29) is 0 Å². The largest absolute Gasteiger partial charge is 0.479 e. The molecule has 0 spiro atoms. The molecule has 0 unspecified atom stereocenters. The number of aliphatic hydroxyl groups is 1. The van der Waals surface area contributed by atoms with Gasteiger partial charge in [0.25, 0.3) is 0 Å². The van der Waals surface area contributed by atoms with Crippen molar-refractivity contribution in [3.63, 3.8) is 0 Å². The number of carboxylic acid groups (broad SMARTS) is 2. The first-order valence-corrected chi connectivity index (χ1v) is 34.5. The summed E-state index contributed by atoms with van der Waals surface area (Å²) in [5, 5.41) is 32.0. The average molecular weight is 1520 g/mol. The Morgan fingerprint density at radius 3 is 0.849 bits per heavy atom. The number of ether oxygens (including phenoxy) is 16. The topological polar surface area (TPSA) is 688 Å². The van der Waals surface area contributed by atoms with E-state index in [0.717, 1.165) is 35.5 Å². The summed E-state index contributed by atoms with van der Waals surface area (Å²) < 4.78 is 359. The molecule has 5 fully saturated rings. The highest BCUT2D eigenvalue weighted by Gasteiger charge is 2.62. The van der Waals surface area contributed by atoms with E-state index in [2.05, 4.69) is 20.9 Å². The molecule has 5 saturated heterocycles. The van der Waals surface area contributed by atoms with Crippen LogP contribution in [0, 0.1) is 0 Å². The molecule has 25 atom stereocenters. The summed E-state index contributed by atoms with van der Waals surface area (Å²) in [7, 11) is -34.3. The Labute approximate surface area is 526 Å². The summed E-state index contributed by atoms with van der Waals surface area (Å²) >= 11 is 0. The summed E-state index contributed by atoms with van der Waals surface area (Å²) in [5.41, 5.74) is 0. The summed E-state index contributed by atoms with van der Waals surface area (Å²) in [4.78, 5) is 26.5. The number of methoxy groups -OCH3 is 7. The molecule has 56 heteroatoms. The molecule has 0 radical (unpaired) electrons. The van der Waals surface area contributed by atoms with Crippen molar-refractivity contribution in [3.05, 3.63) is 0 Å². The molecule has 0 saturated carbocycles. The highest BCUT2D eigenvalue weighted by Crippen LogP contribution is 2.41. The van der Waals surface area contributed by atoms with Crippen molar-refractivity contribution in [3.8, 4) is 0 Å². The highest BCUT2D eigenvalue weighted by molar-refractivity contribution is 7.82. The van der Waals surface area contributed by atoms with Crippen molar-refractivity contribution in [2.24, 2.45) is 0 Å². The fourth-order valence-electron chi connectivity index (χ4n) is 10.0. The zero-order valence-corrected chi connectivity index (χ0v) is 53.5. The molecule has 0 amide bonds. The van der Waals surface area contributed by atoms with Gasteiger partial charge in [-0.15, -0.1) is 0 Å². The third-order valence-electron chi connectivity index (χ3n) is 13.4. The molecule has 93 heavy (non-hydrogen) atoms. The van der Waals surface area contributed by atoms with Gasteiger partial charge in [-0.05, 0) is 0 Å². The van der Waals surface area contributed by atoms with Crippen LogP contribution in [0.5, 0.6) is 0 Å². The van der Waals surface area contributed by atoms with Crippen LogP contribution < -0.4 is 0 Å². The number of hydrogen-bond donors (Lipinski definition) is 10. The van der Waals surface area contributed by atoms with E-state index in [1.165, 1.54) is 0 Å². The van der Waals surface area contributed by atoms with Gasteiger partial charge < -0.3 is 91.1 Å². The van der Waals surface area contributed by atoms with Crippen LogP contribution in [-0.4, -0.2) is 341 Å². The Kier molecular flexibility index (Phi) is 28.4. The van der Waals surface area contributed by atoms with Crippen LogP contribution in [-0.2, 0) is 187 Å². The number of carbonyl (C=O) groups is 2. The fourth-order valence-corrected chi connectivity index (χ4v) is 12.9. The van der Waals surface area contributed by atoms with Gasteiger partial charge >= 0.3 is 84.7 Å². The summed E-state index contributed by atoms with van der Waals surface area (Å²) in [6.07, 6.45) is -60.2. The van der Waals surface area contributed by atoms with Crippen LogP contribution in [0.3, 0.4) is 0 Å². The first-order chi connectivity index (χ1) is 42.7. The van der Waals surface area contributed by atoms with Crippen LogP contribution in [0.25, 0.3) is 0 Å². The quantitative estimate of drug-likeness (QED) is 0.0268. The Hall–Kier alpha value is -2.65. The van der Waals surface area contributed by atoms with Gasteiger partial charge in [0.15, 0.2) is 55.9 Å². The lowest BCUT2D eigenvalue weighted by molar-refractivity contribution is -0.388. The van der Waals surface area contributed by atoms with Crippen molar-refractivity contribution in [2.75, 3.05) is 69.6 Å². The van der Waals surface area contributed by atoms with Gasteiger partial charge in [-0.25, -0.2) is 38.9 Å². The van der Waals surface area contributed by atoms with E-state index in [0.29, 0.717) is 14.2 Å². The molecule has 0 aromatic carbocycles. The molecule has 0 aromatic heterocycles. The monoisotopic (exact) mass is 1510 g/mol. The summed E-state index contributed by atoms with van der Waals surface area (Å²) in [5.74, 6) is -4.31. The number of rotatable bonds is 34. The number of aliphatic hydroxyl groups excluding tert-OH is 1. The molecular weight excluding hydrogens is 1450 g/mol. The van der Waals surface area contributed by atoms with E-state index in [1.54, 1.807) is 0 Å². The van der Waals surface area contributed by atoms with Gasteiger partial charge in [0.2, 0.25) is 0 Å². The Bertz CT molecular complexity index is 3320. The second-order valence-electron chi connectivity index (χ2n) is 19.1. The predicted molar refractivity (Wildman–Crippen MR) is 274 cm³/mol. The lowest BCUT2D eigenvalue weighted by atomic mass is 9.94. The molecule has 10 N–H and O–H groups in total. The second kappa shape index (κ2) is 32.6. The van der Waals surface area contributed by atoms with E-state index in [9.17, 15) is 116 Å². The van der Waals surface area contributed by atoms with Crippen LogP contribution in [0.1, 0.15) is 0 Å². The van der Waals surface area contributed by atoms with Crippen LogP contribution in [0.4, 0.5) is 0 Å². The van der Waals surface area contributed by atoms with Gasteiger partial charge in [0.05, 0.1) is 19.8 Å². The first kappa shape index (κ1) is 81.0. The molecule has 0 bridgehead atoms. The van der Waals surface area contributed by atoms with Gasteiger partial charge in [-0.2, -0.15) is 58.9 Å². The standard InChI is InChI=1S/C37H62O49S7/c1-64-14-11(8-71-87(43,44)45)75-34(27(68-5)17(14)65-2)79-20-18(66-3)28(69-6)36(81-24(20)31(38)39)78-16-13(10-73-89(49,50)51)76-37(30(86-93(61,62)63)23(16)84-91(55,56)57)80-21-19(67-4)29(70-7)35(82-25(21)32(40)41)77-15-12(9-72-88(46,47)48)74-33(42)26(85-92(58,59)60)22(15)83-90(52,53)54/h11-30,33-37,42H,8-10H2,1-7H3,(H,38,39)(H,40,41)(H,43,44,45)(H,46,47,48)(H,49,50,51)(H,52,53,54)(H,55,56,57)(H,58,59,60)(H,61,62,63)/t11-,12-,13-,14-,15-,16-,17-,18+,19+,20+,21+,22+,23+,24+,25-,26-,27-,28-,29-,30-,33+,34-,35-,36-,37-/m1/s1. The van der Waals surface area contributed by atoms with Gasteiger partial charge in [0.1, 0.15) is 97.7 Å². The number of carboxylic acids is 2. The maximum absolute atomic E-state index is 13.3. The first-order valence-electron chi connectivity index (χ1n) is 24.9. The van der Waals surface area contributed by atoms with E-state index in [1.807, 2.05) is 0 Å². The lowest BCUT2D eigenvalue weighted by Crippen LogP contribution is -2.70. The minimum Gasteiger partial charge on any atom is -0.479 e. The maximum Gasteiger partial charge on any atom is 0.397 e. The van der Waals surface area contributed by atoms with Crippen molar-refractivity contribution in [1.29, 1.82) is 0 Å². The molecule has 5 aliphatic rings. The zero-order valence-electron chi connectivity index (χ0n) is 47.8. The fraction of sp³-hybridized carbons (Fsp3) is 0.946. The van der Waals surface area contributed by atoms with Crippen LogP contribution in [0.15, 0.2) is 0 Å². The van der Waals surface area contributed by atoms with E-state index < -0.39 is 258 Å². The van der Waals surface area contributed by atoms with Crippen LogP contribution >= 0.6 is 0 Å². The lowest BCUT2D eigenvalue weighted by Gasteiger charge is -2.51.